The number of likely N-dealkylation sites (tertiary alicyclic amines) is 1. The molecule has 2 aromatic rings. The molecular weight excluding hydrogens is 348 g/mol. The summed E-state index contributed by atoms with van der Waals surface area (Å²) in [5.41, 5.74) is 1.07. The van der Waals surface area contributed by atoms with E-state index in [2.05, 4.69) is 20.0 Å². The molecule has 2 aromatic heterocycles. The maximum Gasteiger partial charge on any atom is 0.248 e. The van der Waals surface area contributed by atoms with Gasteiger partial charge in [-0.1, -0.05) is 0 Å². The summed E-state index contributed by atoms with van der Waals surface area (Å²) >= 11 is 0. The zero-order chi connectivity index (χ0) is 18.6. The van der Waals surface area contributed by atoms with Gasteiger partial charge in [0.05, 0.1) is 32.0 Å². The molecule has 2 aliphatic heterocycles. The van der Waals surface area contributed by atoms with Gasteiger partial charge >= 0.3 is 0 Å². The number of carbonyl (C=O) groups excluding carboxylic acids is 1. The third kappa shape index (κ3) is 4.02. The average molecular weight is 372 g/mol. The van der Waals surface area contributed by atoms with Gasteiger partial charge in [0.25, 0.3) is 0 Å². The summed E-state index contributed by atoms with van der Waals surface area (Å²) in [6.45, 7) is 3.64. The first-order valence-corrected chi connectivity index (χ1v) is 9.24. The summed E-state index contributed by atoms with van der Waals surface area (Å²) in [5, 5.41) is 4.39. The van der Waals surface area contributed by atoms with Gasteiger partial charge in [0.15, 0.2) is 0 Å². The van der Waals surface area contributed by atoms with Crippen molar-refractivity contribution >= 4 is 11.7 Å². The maximum atomic E-state index is 12.3. The molecule has 1 fully saturated rings. The molecule has 0 aliphatic carbocycles. The standard InChI is InChI=1S/C18H24N6O3/c1-26-17-8-16(19-13-20-17)23-9-14-4-5-21-24(14)11-15(10-23)27-12-18(25)22-6-2-3-7-22/h4-5,8,13,15H,2-3,6-7,9-12H2,1H3/t15-/m1/s1. The van der Waals surface area contributed by atoms with Gasteiger partial charge in [0.2, 0.25) is 11.8 Å². The lowest BCUT2D eigenvalue weighted by atomic mass is 10.3. The molecule has 0 radical (unpaired) electrons. The van der Waals surface area contributed by atoms with Crippen LogP contribution in [0.4, 0.5) is 5.82 Å². The Kier molecular flexibility index (Phi) is 5.19. The van der Waals surface area contributed by atoms with Crippen LogP contribution < -0.4 is 9.64 Å². The van der Waals surface area contributed by atoms with E-state index >= 15 is 0 Å². The van der Waals surface area contributed by atoms with Gasteiger partial charge in [0, 0.05) is 31.9 Å². The number of fused-ring (bicyclic) bond motifs is 1. The molecular formula is C18H24N6O3. The number of aromatic nitrogens is 4. The highest BCUT2D eigenvalue weighted by atomic mass is 16.5. The second-order valence-electron chi connectivity index (χ2n) is 6.82. The highest BCUT2D eigenvalue weighted by Crippen LogP contribution is 2.22. The predicted molar refractivity (Wildman–Crippen MR) is 97.4 cm³/mol. The van der Waals surface area contributed by atoms with Crippen molar-refractivity contribution in [3.05, 3.63) is 30.4 Å². The molecule has 1 saturated heterocycles. The van der Waals surface area contributed by atoms with E-state index in [1.54, 1.807) is 19.4 Å². The number of hydrogen-bond acceptors (Lipinski definition) is 7. The smallest absolute Gasteiger partial charge is 0.248 e. The molecule has 9 heteroatoms. The van der Waals surface area contributed by atoms with Gasteiger partial charge in [-0.15, -0.1) is 0 Å². The van der Waals surface area contributed by atoms with E-state index in [4.69, 9.17) is 9.47 Å². The van der Waals surface area contributed by atoms with E-state index in [0.29, 0.717) is 25.5 Å². The van der Waals surface area contributed by atoms with Crippen LogP contribution in [0.25, 0.3) is 0 Å². The fourth-order valence-electron chi connectivity index (χ4n) is 3.56. The number of anilines is 1. The van der Waals surface area contributed by atoms with Crippen molar-refractivity contribution in [3.8, 4) is 5.88 Å². The molecule has 144 valence electrons. The fraction of sp³-hybridized carbons (Fsp3) is 0.556. The van der Waals surface area contributed by atoms with E-state index < -0.39 is 0 Å². The Labute approximate surface area is 157 Å². The summed E-state index contributed by atoms with van der Waals surface area (Å²) < 4.78 is 13.2. The molecule has 9 nitrogen and oxygen atoms in total. The van der Waals surface area contributed by atoms with Crippen LogP contribution in [0.2, 0.25) is 0 Å². The quantitative estimate of drug-likeness (QED) is 0.764. The third-order valence-electron chi connectivity index (χ3n) is 5.02. The van der Waals surface area contributed by atoms with Crippen LogP contribution in [-0.2, 0) is 22.6 Å². The highest BCUT2D eigenvalue weighted by molar-refractivity contribution is 5.77. The van der Waals surface area contributed by atoms with E-state index in [1.165, 1.54) is 6.33 Å². The van der Waals surface area contributed by atoms with E-state index in [9.17, 15) is 4.79 Å². The molecule has 0 saturated carbocycles. The number of hydrogen-bond donors (Lipinski definition) is 0. The van der Waals surface area contributed by atoms with Gasteiger partial charge in [-0.2, -0.15) is 5.10 Å². The third-order valence-corrected chi connectivity index (χ3v) is 5.02. The topological polar surface area (TPSA) is 85.6 Å². The fourth-order valence-corrected chi connectivity index (χ4v) is 3.56. The Morgan fingerprint density at radius 3 is 2.93 bits per heavy atom. The first-order chi connectivity index (χ1) is 13.2. The minimum Gasteiger partial charge on any atom is -0.481 e. The van der Waals surface area contributed by atoms with Crippen LogP contribution in [0.15, 0.2) is 24.7 Å². The van der Waals surface area contributed by atoms with Crippen LogP contribution >= 0.6 is 0 Å². The van der Waals surface area contributed by atoms with Crippen molar-refractivity contribution in [2.75, 3.05) is 38.3 Å². The monoisotopic (exact) mass is 372 g/mol. The number of amides is 1. The average Bonchev–Trinajstić information content (AvgIpc) is 3.35. The van der Waals surface area contributed by atoms with E-state index in [1.807, 2.05) is 15.6 Å². The second kappa shape index (κ2) is 7.91. The molecule has 4 heterocycles. The van der Waals surface area contributed by atoms with Crippen molar-refractivity contribution < 1.29 is 14.3 Å². The lowest BCUT2D eigenvalue weighted by molar-refractivity contribution is -0.137. The summed E-state index contributed by atoms with van der Waals surface area (Å²) in [7, 11) is 1.58. The van der Waals surface area contributed by atoms with Gasteiger partial charge < -0.3 is 19.3 Å². The molecule has 4 rings (SSSR count). The normalized spacial score (nSPS) is 19.7. The highest BCUT2D eigenvalue weighted by Gasteiger charge is 2.26. The first kappa shape index (κ1) is 17.7. The lowest BCUT2D eigenvalue weighted by Crippen LogP contribution is -2.37. The Morgan fingerprint density at radius 1 is 1.26 bits per heavy atom. The molecule has 1 amide bonds. The minimum absolute atomic E-state index is 0.0627. The zero-order valence-electron chi connectivity index (χ0n) is 15.5. The van der Waals surface area contributed by atoms with Crippen molar-refractivity contribution in [2.24, 2.45) is 0 Å². The Hall–Kier alpha value is -2.68. The summed E-state index contributed by atoms with van der Waals surface area (Å²) in [4.78, 5) is 24.8. The molecule has 0 bridgehead atoms. The van der Waals surface area contributed by atoms with Crippen molar-refractivity contribution in [3.63, 3.8) is 0 Å². The maximum absolute atomic E-state index is 12.3. The SMILES string of the molecule is COc1cc(N2Cc3ccnn3C[C@H](OCC(=O)N3CCCC3)C2)ncn1. The molecule has 0 aromatic carbocycles. The number of carbonyl (C=O) groups is 1. The van der Waals surface area contributed by atoms with Crippen molar-refractivity contribution in [1.29, 1.82) is 0 Å². The van der Waals surface area contributed by atoms with Crippen LogP contribution in [-0.4, -0.2) is 70.0 Å². The minimum atomic E-state index is -0.168. The summed E-state index contributed by atoms with van der Waals surface area (Å²) in [6.07, 6.45) is 5.26. The number of ether oxygens (including phenoxy) is 2. The van der Waals surface area contributed by atoms with Gasteiger partial charge in [-0.05, 0) is 18.9 Å². The van der Waals surface area contributed by atoms with E-state index in [-0.39, 0.29) is 18.6 Å². The van der Waals surface area contributed by atoms with Crippen LogP contribution in [0, 0.1) is 0 Å². The summed E-state index contributed by atoms with van der Waals surface area (Å²) in [6, 6.07) is 3.79. The molecule has 1 atom stereocenters. The molecule has 0 spiro atoms. The molecule has 0 N–H and O–H groups in total. The van der Waals surface area contributed by atoms with Gasteiger partial charge in [-0.25, -0.2) is 9.97 Å². The molecule has 27 heavy (non-hydrogen) atoms. The largest absolute Gasteiger partial charge is 0.481 e. The van der Waals surface area contributed by atoms with Crippen LogP contribution in [0.1, 0.15) is 18.5 Å². The lowest BCUT2D eigenvalue weighted by Gasteiger charge is -2.25. The first-order valence-electron chi connectivity index (χ1n) is 9.24. The van der Waals surface area contributed by atoms with E-state index in [0.717, 1.165) is 37.4 Å². The Balaban J connectivity index is 1.48. The number of nitrogens with zero attached hydrogens (tertiary/aromatic N) is 6. The van der Waals surface area contributed by atoms with Gasteiger partial charge in [0.1, 0.15) is 18.8 Å². The van der Waals surface area contributed by atoms with Crippen molar-refractivity contribution in [2.45, 2.75) is 32.0 Å². The predicted octanol–water partition coefficient (Wildman–Crippen LogP) is 0.709. The number of methoxy groups -OCH3 is 1. The Morgan fingerprint density at radius 2 is 2.11 bits per heavy atom. The summed E-state index contributed by atoms with van der Waals surface area (Å²) in [5.74, 6) is 1.34. The van der Waals surface area contributed by atoms with Crippen LogP contribution in [0.3, 0.4) is 0 Å². The molecule has 2 aliphatic rings. The van der Waals surface area contributed by atoms with Gasteiger partial charge in [-0.3, -0.25) is 9.48 Å². The molecule has 0 unspecified atom stereocenters. The number of rotatable bonds is 5. The zero-order valence-corrected chi connectivity index (χ0v) is 15.5. The van der Waals surface area contributed by atoms with Crippen LogP contribution in [0.5, 0.6) is 5.88 Å². The Bertz CT molecular complexity index is 789. The van der Waals surface area contributed by atoms with Crippen molar-refractivity contribution in [1.82, 2.24) is 24.6 Å². The second-order valence-corrected chi connectivity index (χ2v) is 6.82.